The van der Waals surface area contributed by atoms with Crippen molar-refractivity contribution in [3.05, 3.63) is 24.3 Å². The predicted molar refractivity (Wildman–Crippen MR) is 44.7 cm³/mol. The molecule has 1 heterocycles. The molecular formula is C9H9NO. The summed E-state index contributed by atoms with van der Waals surface area (Å²) in [5, 5.41) is 0. The second-order valence-corrected chi connectivity index (χ2v) is 2.57. The molecule has 0 aromatic heterocycles. The van der Waals surface area contributed by atoms with Crippen molar-refractivity contribution >= 4 is 11.9 Å². The van der Waals surface area contributed by atoms with E-state index in [0.717, 1.165) is 11.4 Å². The second-order valence-electron chi connectivity index (χ2n) is 2.57. The maximum Gasteiger partial charge on any atom is 0.145 e. The summed E-state index contributed by atoms with van der Waals surface area (Å²) >= 11 is 0. The van der Waals surface area contributed by atoms with Gasteiger partial charge in [-0.05, 0) is 19.1 Å². The summed E-state index contributed by atoms with van der Waals surface area (Å²) in [5.41, 5.74) is 0.922. The van der Waals surface area contributed by atoms with Gasteiger partial charge in [0.1, 0.15) is 17.5 Å². The van der Waals surface area contributed by atoms with Crippen LogP contribution in [0.3, 0.4) is 0 Å². The Morgan fingerprint density at radius 2 is 2.18 bits per heavy atom. The molecule has 2 heteroatoms. The van der Waals surface area contributed by atoms with E-state index < -0.39 is 0 Å². The Kier molecular flexibility index (Phi) is 1.39. The molecule has 1 atom stereocenters. The van der Waals surface area contributed by atoms with Gasteiger partial charge in [0.2, 0.25) is 0 Å². The van der Waals surface area contributed by atoms with Gasteiger partial charge < -0.3 is 4.74 Å². The van der Waals surface area contributed by atoms with Crippen LogP contribution in [0.15, 0.2) is 29.3 Å². The predicted octanol–water partition coefficient (Wildman–Crippen LogP) is 2.17. The van der Waals surface area contributed by atoms with Gasteiger partial charge in [-0.15, -0.1) is 0 Å². The van der Waals surface area contributed by atoms with Crippen LogP contribution < -0.4 is 4.74 Å². The molecule has 0 amide bonds. The topological polar surface area (TPSA) is 21.6 Å². The van der Waals surface area contributed by atoms with Crippen LogP contribution in [0.4, 0.5) is 5.69 Å². The van der Waals surface area contributed by atoms with Gasteiger partial charge in [-0.1, -0.05) is 12.1 Å². The molecule has 56 valence electrons. The fourth-order valence-electron chi connectivity index (χ4n) is 1.08. The smallest absolute Gasteiger partial charge is 0.145 e. The van der Waals surface area contributed by atoms with E-state index in [4.69, 9.17) is 4.74 Å². The molecule has 0 bridgehead atoms. The van der Waals surface area contributed by atoms with E-state index in [1.807, 2.05) is 37.4 Å². The lowest BCUT2D eigenvalue weighted by molar-refractivity contribution is 0.288. The van der Waals surface area contributed by atoms with E-state index in [1.54, 1.807) is 0 Å². The van der Waals surface area contributed by atoms with Crippen molar-refractivity contribution in [2.45, 2.75) is 13.0 Å². The first-order chi connectivity index (χ1) is 5.36. The Labute approximate surface area is 65.5 Å². The molecule has 1 aliphatic rings. The molecule has 0 N–H and O–H groups in total. The minimum Gasteiger partial charge on any atom is -0.483 e. The molecule has 2 nitrogen and oxygen atoms in total. The van der Waals surface area contributed by atoms with Crippen molar-refractivity contribution < 1.29 is 4.74 Å². The van der Waals surface area contributed by atoms with Crippen LogP contribution in [-0.2, 0) is 0 Å². The third-order valence-corrected chi connectivity index (χ3v) is 1.60. The maximum atomic E-state index is 5.48. The number of hydrogen-bond acceptors (Lipinski definition) is 2. The van der Waals surface area contributed by atoms with Crippen LogP contribution >= 0.6 is 0 Å². The zero-order valence-corrected chi connectivity index (χ0v) is 6.32. The number of benzene rings is 1. The summed E-state index contributed by atoms with van der Waals surface area (Å²) in [6, 6.07) is 7.78. The first kappa shape index (κ1) is 6.40. The molecule has 0 unspecified atom stereocenters. The molecule has 2 rings (SSSR count). The Balaban J connectivity index is 2.46. The number of ether oxygens (including phenoxy) is 1. The lowest BCUT2D eigenvalue weighted by Gasteiger charge is -2.16. The maximum absolute atomic E-state index is 5.48. The van der Waals surface area contributed by atoms with E-state index >= 15 is 0 Å². The van der Waals surface area contributed by atoms with Crippen molar-refractivity contribution in [2.75, 3.05) is 0 Å². The summed E-state index contributed by atoms with van der Waals surface area (Å²) in [7, 11) is 0. The molecule has 0 saturated carbocycles. The minimum atomic E-state index is 0.102. The first-order valence-electron chi connectivity index (χ1n) is 3.66. The molecule has 1 aliphatic heterocycles. The lowest BCUT2D eigenvalue weighted by Crippen LogP contribution is -2.15. The van der Waals surface area contributed by atoms with Gasteiger partial charge >= 0.3 is 0 Å². The number of aliphatic imine (C=N–C) groups is 1. The fourth-order valence-corrected chi connectivity index (χ4v) is 1.08. The van der Waals surface area contributed by atoms with Gasteiger partial charge in [-0.2, -0.15) is 0 Å². The van der Waals surface area contributed by atoms with E-state index in [2.05, 4.69) is 4.99 Å². The molecule has 11 heavy (non-hydrogen) atoms. The number of nitrogens with zero attached hydrogens (tertiary/aromatic N) is 1. The summed E-state index contributed by atoms with van der Waals surface area (Å²) in [6.07, 6.45) is 1.91. The van der Waals surface area contributed by atoms with Crippen LogP contribution in [0.2, 0.25) is 0 Å². The fraction of sp³-hybridized carbons (Fsp3) is 0.222. The van der Waals surface area contributed by atoms with Gasteiger partial charge in [0.15, 0.2) is 0 Å². The standard InChI is InChI=1S/C9H9NO/c1-7-6-10-8-4-2-3-5-9(8)11-7/h2-7H,1H3/t7-/m1/s1. The molecule has 0 spiro atoms. The monoisotopic (exact) mass is 147 g/mol. The van der Waals surface area contributed by atoms with Gasteiger partial charge in [-0.3, -0.25) is 4.99 Å². The number of hydrogen-bond donors (Lipinski definition) is 0. The third-order valence-electron chi connectivity index (χ3n) is 1.60. The van der Waals surface area contributed by atoms with Crippen LogP contribution in [0.5, 0.6) is 5.75 Å². The van der Waals surface area contributed by atoms with Crippen LogP contribution in [0.25, 0.3) is 0 Å². The minimum absolute atomic E-state index is 0.102. The first-order valence-corrected chi connectivity index (χ1v) is 3.66. The van der Waals surface area contributed by atoms with Crippen molar-refractivity contribution in [3.8, 4) is 5.75 Å². The molecule has 0 fully saturated rings. The highest BCUT2D eigenvalue weighted by atomic mass is 16.5. The average Bonchev–Trinajstić information content (AvgIpc) is 2.04. The second kappa shape index (κ2) is 2.38. The quantitative estimate of drug-likeness (QED) is 0.551. The normalized spacial score (nSPS) is 20.6. The summed E-state index contributed by atoms with van der Waals surface area (Å²) in [5.74, 6) is 0.877. The van der Waals surface area contributed by atoms with Crippen molar-refractivity contribution in [1.82, 2.24) is 0 Å². The van der Waals surface area contributed by atoms with Gasteiger partial charge in [-0.25, -0.2) is 0 Å². The van der Waals surface area contributed by atoms with E-state index in [0.29, 0.717) is 0 Å². The lowest BCUT2D eigenvalue weighted by atomic mass is 10.2. The molecule has 0 saturated heterocycles. The summed E-state index contributed by atoms with van der Waals surface area (Å²) in [4.78, 5) is 4.22. The highest BCUT2D eigenvalue weighted by Gasteiger charge is 2.09. The molecular weight excluding hydrogens is 138 g/mol. The molecule has 1 aromatic rings. The molecule has 1 aromatic carbocycles. The molecule has 0 radical (unpaired) electrons. The number of rotatable bonds is 0. The zero-order valence-electron chi connectivity index (χ0n) is 6.32. The Bertz CT molecular complexity index is 293. The highest BCUT2D eigenvalue weighted by Crippen LogP contribution is 2.29. The van der Waals surface area contributed by atoms with Crippen molar-refractivity contribution in [2.24, 2.45) is 4.99 Å². The van der Waals surface area contributed by atoms with E-state index in [1.165, 1.54) is 0 Å². The van der Waals surface area contributed by atoms with Crippen molar-refractivity contribution in [3.63, 3.8) is 0 Å². The van der Waals surface area contributed by atoms with E-state index in [-0.39, 0.29) is 6.10 Å². The van der Waals surface area contributed by atoms with Gasteiger partial charge in [0, 0.05) is 6.21 Å². The summed E-state index contributed by atoms with van der Waals surface area (Å²) in [6.45, 7) is 1.97. The Morgan fingerprint density at radius 3 is 3.09 bits per heavy atom. The molecule has 0 aliphatic carbocycles. The Morgan fingerprint density at radius 1 is 1.36 bits per heavy atom. The summed E-state index contributed by atoms with van der Waals surface area (Å²) < 4.78 is 5.48. The van der Waals surface area contributed by atoms with E-state index in [9.17, 15) is 0 Å². The Hall–Kier alpha value is -1.31. The van der Waals surface area contributed by atoms with Crippen LogP contribution in [0, 0.1) is 0 Å². The number of para-hydroxylation sites is 2. The van der Waals surface area contributed by atoms with Gasteiger partial charge in [0.25, 0.3) is 0 Å². The van der Waals surface area contributed by atoms with Crippen LogP contribution in [0.1, 0.15) is 6.92 Å². The van der Waals surface area contributed by atoms with Crippen molar-refractivity contribution in [1.29, 1.82) is 0 Å². The number of fused-ring (bicyclic) bond motifs is 1. The highest BCUT2D eigenvalue weighted by molar-refractivity contribution is 5.73. The largest absolute Gasteiger partial charge is 0.483 e. The third kappa shape index (κ3) is 1.11. The van der Waals surface area contributed by atoms with Crippen LogP contribution in [-0.4, -0.2) is 12.3 Å². The SMILES string of the molecule is C[C@@H]1C=Nc2ccccc2O1. The van der Waals surface area contributed by atoms with Gasteiger partial charge in [0.05, 0.1) is 0 Å². The zero-order chi connectivity index (χ0) is 7.68. The average molecular weight is 147 g/mol.